The molecule has 2 aromatic rings. The summed E-state index contributed by atoms with van der Waals surface area (Å²) in [7, 11) is 0. The summed E-state index contributed by atoms with van der Waals surface area (Å²) in [4.78, 5) is 35.5. The highest BCUT2D eigenvalue weighted by atomic mass is 32.2. The minimum Gasteiger partial charge on any atom is -0.323 e. The van der Waals surface area contributed by atoms with E-state index < -0.39 is 23.6 Å². The number of amidine groups is 2. The molecule has 1 N–H and O–H groups in total. The molecule has 2 aliphatic heterocycles. The van der Waals surface area contributed by atoms with Crippen LogP contribution in [0.2, 0.25) is 0 Å². The first-order valence-electron chi connectivity index (χ1n) is 9.32. The summed E-state index contributed by atoms with van der Waals surface area (Å²) in [6.45, 7) is 3.84. The molecule has 154 valence electrons. The number of benzene rings is 2. The van der Waals surface area contributed by atoms with E-state index in [2.05, 4.69) is 15.3 Å². The Labute approximate surface area is 176 Å². The molecule has 0 fully saturated rings. The van der Waals surface area contributed by atoms with Gasteiger partial charge in [0.1, 0.15) is 23.5 Å². The monoisotopic (exact) mass is 428 g/mol. The van der Waals surface area contributed by atoms with Crippen molar-refractivity contribution in [3.05, 3.63) is 59.7 Å². The van der Waals surface area contributed by atoms with Crippen molar-refractivity contribution in [1.82, 2.24) is 4.90 Å². The van der Waals surface area contributed by atoms with E-state index in [1.165, 1.54) is 0 Å². The summed E-state index contributed by atoms with van der Waals surface area (Å²) >= 11 is 1.11. The van der Waals surface area contributed by atoms with Gasteiger partial charge in [0.25, 0.3) is 5.91 Å². The predicted octanol–water partition coefficient (Wildman–Crippen LogP) is 3.95. The van der Waals surface area contributed by atoms with E-state index in [9.17, 15) is 18.4 Å². The lowest BCUT2D eigenvalue weighted by Crippen LogP contribution is -2.46. The molecular weight excluding hydrogens is 410 g/mol. The number of amides is 2. The average molecular weight is 428 g/mol. The number of anilines is 1. The number of nitrogens with one attached hydrogen (secondary N) is 1. The highest BCUT2D eigenvalue weighted by Crippen LogP contribution is 2.35. The highest BCUT2D eigenvalue weighted by Gasteiger charge is 2.43. The van der Waals surface area contributed by atoms with Crippen molar-refractivity contribution in [2.45, 2.75) is 19.9 Å². The van der Waals surface area contributed by atoms with Crippen molar-refractivity contribution in [2.24, 2.45) is 15.9 Å². The number of carbonyl (C=O) groups excluding carboxylic acids is 2. The second kappa shape index (κ2) is 7.98. The van der Waals surface area contributed by atoms with Crippen molar-refractivity contribution >= 4 is 46.0 Å². The van der Waals surface area contributed by atoms with Gasteiger partial charge in [-0.2, -0.15) is 4.99 Å². The molecule has 0 saturated heterocycles. The average Bonchev–Trinajstić information content (AvgIpc) is 3.06. The fourth-order valence-electron chi connectivity index (χ4n) is 3.38. The Kier molecular flexibility index (Phi) is 5.38. The maximum absolute atomic E-state index is 13.8. The lowest BCUT2D eigenvalue weighted by Gasteiger charge is -2.32. The quantitative estimate of drug-likeness (QED) is 0.800. The van der Waals surface area contributed by atoms with Gasteiger partial charge < -0.3 is 5.32 Å². The Hall–Kier alpha value is -3.07. The third-order valence-corrected chi connectivity index (χ3v) is 5.66. The van der Waals surface area contributed by atoms with Gasteiger partial charge in [0, 0.05) is 11.6 Å². The lowest BCUT2D eigenvalue weighted by molar-refractivity contribution is -0.120. The van der Waals surface area contributed by atoms with Crippen LogP contribution in [0.1, 0.15) is 19.4 Å². The molecule has 6 nitrogen and oxygen atoms in total. The first-order valence-corrected chi connectivity index (χ1v) is 10.3. The van der Waals surface area contributed by atoms with E-state index in [0.29, 0.717) is 16.7 Å². The van der Waals surface area contributed by atoms with Crippen LogP contribution in [0.5, 0.6) is 0 Å². The number of rotatable bonds is 4. The molecule has 30 heavy (non-hydrogen) atoms. The van der Waals surface area contributed by atoms with Crippen LogP contribution in [0.3, 0.4) is 0 Å². The second-order valence-electron chi connectivity index (χ2n) is 7.21. The van der Waals surface area contributed by atoms with Crippen LogP contribution in [0, 0.1) is 17.6 Å². The molecule has 1 unspecified atom stereocenters. The van der Waals surface area contributed by atoms with Crippen molar-refractivity contribution < 1.29 is 18.4 Å². The van der Waals surface area contributed by atoms with Crippen molar-refractivity contribution in [3.8, 4) is 0 Å². The zero-order chi connectivity index (χ0) is 21.4. The fraction of sp³-hybridized carbons (Fsp3) is 0.238. The predicted molar refractivity (Wildman–Crippen MR) is 113 cm³/mol. The Morgan fingerprint density at radius 1 is 1.20 bits per heavy atom. The van der Waals surface area contributed by atoms with Gasteiger partial charge in [-0.05, 0) is 30.2 Å². The summed E-state index contributed by atoms with van der Waals surface area (Å²) in [6.07, 6.45) is 0. The molecule has 0 spiro atoms. The Bertz CT molecular complexity index is 1100. The molecule has 9 heteroatoms. The van der Waals surface area contributed by atoms with Crippen LogP contribution in [0.25, 0.3) is 0 Å². The van der Waals surface area contributed by atoms with Crippen LogP contribution in [-0.2, 0) is 9.59 Å². The number of para-hydroxylation sites is 1. The van der Waals surface area contributed by atoms with Crippen LogP contribution in [0.4, 0.5) is 20.2 Å². The number of fused-ring (bicyclic) bond motifs is 3. The Morgan fingerprint density at radius 3 is 2.73 bits per heavy atom. The molecule has 0 saturated carbocycles. The first kappa shape index (κ1) is 20.2. The van der Waals surface area contributed by atoms with Gasteiger partial charge in [-0.1, -0.05) is 37.7 Å². The minimum absolute atomic E-state index is 0.0231. The topological polar surface area (TPSA) is 74.1 Å². The Morgan fingerprint density at radius 2 is 1.97 bits per heavy atom. The number of aliphatic imine (C=N–C) groups is 2. The lowest BCUT2D eigenvalue weighted by atomic mass is 10.0. The van der Waals surface area contributed by atoms with Crippen LogP contribution in [0.15, 0.2) is 52.4 Å². The van der Waals surface area contributed by atoms with Crippen LogP contribution < -0.4 is 5.32 Å². The molecule has 0 aromatic heterocycles. The minimum atomic E-state index is -0.724. The molecule has 1 atom stereocenters. The van der Waals surface area contributed by atoms with Gasteiger partial charge in [-0.25, -0.2) is 13.8 Å². The van der Waals surface area contributed by atoms with E-state index in [1.807, 2.05) is 38.1 Å². The molecule has 0 bridgehead atoms. The van der Waals surface area contributed by atoms with Gasteiger partial charge in [0.05, 0.1) is 17.1 Å². The first-order chi connectivity index (χ1) is 14.3. The number of hydrogen-bond acceptors (Lipinski definition) is 5. The van der Waals surface area contributed by atoms with E-state index >= 15 is 0 Å². The normalized spacial score (nSPS) is 17.4. The largest absolute Gasteiger partial charge is 0.323 e. The molecule has 2 amide bonds. The van der Waals surface area contributed by atoms with Gasteiger partial charge in [-0.3, -0.25) is 14.5 Å². The number of carbonyl (C=O) groups is 2. The summed E-state index contributed by atoms with van der Waals surface area (Å²) in [6, 6.07) is 9.68. The number of halogens is 2. The molecule has 4 rings (SSSR count). The van der Waals surface area contributed by atoms with Gasteiger partial charge in [-0.15, -0.1) is 0 Å². The zero-order valence-corrected chi connectivity index (χ0v) is 17.0. The summed E-state index contributed by atoms with van der Waals surface area (Å²) < 4.78 is 27.1. The third kappa shape index (κ3) is 3.72. The summed E-state index contributed by atoms with van der Waals surface area (Å²) in [5.41, 5.74) is 1.18. The summed E-state index contributed by atoms with van der Waals surface area (Å²) in [5.74, 6) is -1.75. The molecule has 2 aromatic carbocycles. The number of hydrogen-bond donors (Lipinski definition) is 1. The second-order valence-corrected chi connectivity index (χ2v) is 8.15. The molecular formula is C21H18F2N4O2S. The van der Waals surface area contributed by atoms with Crippen molar-refractivity contribution in [2.75, 3.05) is 11.1 Å². The Balaban J connectivity index is 1.57. The number of nitrogens with zero attached hydrogens (tertiary/aromatic N) is 3. The van der Waals surface area contributed by atoms with Gasteiger partial charge in [0.2, 0.25) is 5.91 Å². The molecule has 2 heterocycles. The van der Waals surface area contributed by atoms with E-state index in [1.54, 1.807) is 4.90 Å². The third-order valence-electron chi connectivity index (χ3n) is 4.71. The van der Waals surface area contributed by atoms with Crippen LogP contribution in [-0.4, -0.2) is 39.5 Å². The highest BCUT2D eigenvalue weighted by molar-refractivity contribution is 8.14. The number of thioether (sulfide) groups is 1. The van der Waals surface area contributed by atoms with E-state index in [-0.39, 0.29) is 23.3 Å². The van der Waals surface area contributed by atoms with E-state index in [4.69, 9.17) is 0 Å². The van der Waals surface area contributed by atoms with Crippen LogP contribution >= 0.6 is 11.8 Å². The maximum Gasteiger partial charge on any atom is 0.271 e. The van der Waals surface area contributed by atoms with Crippen molar-refractivity contribution in [1.29, 1.82) is 0 Å². The fourth-order valence-corrected chi connectivity index (χ4v) is 4.21. The zero-order valence-electron chi connectivity index (χ0n) is 16.2. The van der Waals surface area contributed by atoms with Crippen molar-refractivity contribution in [3.63, 3.8) is 0 Å². The molecule has 0 aliphatic carbocycles. The SMILES string of the molecule is CC(C)C1C(=O)N=C2c3ccccc3N=C(SCC(=O)Nc3cc(F)ccc3F)N21. The van der Waals surface area contributed by atoms with E-state index in [0.717, 1.165) is 35.5 Å². The summed E-state index contributed by atoms with van der Waals surface area (Å²) in [5, 5.41) is 2.83. The standard InChI is InChI=1S/C21H18F2N4O2S/c1-11(2)18-20(29)26-19-13-5-3-4-6-15(13)25-21(27(18)19)30-10-17(28)24-16-9-12(22)7-8-14(16)23/h3-9,11,18H,10H2,1-2H3,(H,24,28). The van der Waals surface area contributed by atoms with Gasteiger partial charge in [0.15, 0.2) is 5.17 Å². The molecule has 0 radical (unpaired) electrons. The smallest absolute Gasteiger partial charge is 0.271 e. The van der Waals surface area contributed by atoms with Gasteiger partial charge >= 0.3 is 0 Å². The molecule has 2 aliphatic rings. The maximum atomic E-state index is 13.8.